The lowest BCUT2D eigenvalue weighted by Gasteiger charge is -2.22. The number of sulfonamides is 1. The molecule has 164 valence electrons. The highest BCUT2D eigenvalue weighted by Gasteiger charge is 2.52. The molecular weight excluding hydrogens is 428 g/mol. The standard InChI is InChI=1S/C20H21F2N5O3S/c1-10-7-12(31(29,30)27-9-20(21,22)8-16(27)19(24)28)3-4-13(10)14-5-6-15-17(11(14)2)18(23)26-25-15/h3-7,16H,8-9H2,1-2H3,(H2,24,28)(H3,23,25,26)/t16-/m0/s1. The van der Waals surface area contributed by atoms with Gasteiger partial charge >= 0.3 is 0 Å². The number of halogens is 2. The summed E-state index contributed by atoms with van der Waals surface area (Å²) in [7, 11) is -4.35. The fourth-order valence-electron chi connectivity index (χ4n) is 4.12. The molecule has 1 aliphatic heterocycles. The van der Waals surface area contributed by atoms with E-state index in [4.69, 9.17) is 11.5 Å². The van der Waals surface area contributed by atoms with Crippen LogP contribution in [0, 0.1) is 13.8 Å². The predicted octanol–water partition coefficient (Wildman–Crippen LogP) is 2.31. The number of aryl methyl sites for hydroxylation is 2. The van der Waals surface area contributed by atoms with Crippen LogP contribution in [0.15, 0.2) is 35.2 Å². The third kappa shape index (κ3) is 3.43. The summed E-state index contributed by atoms with van der Waals surface area (Å²) in [6, 6.07) is 6.47. The van der Waals surface area contributed by atoms with E-state index < -0.39 is 40.9 Å². The predicted molar refractivity (Wildman–Crippen MR) is 112 cm³/mol. The van der Waals surface area contributed by atoms with Gasteiger partial charge in [0, 0.05) is 11.8 Å². The van der Waals surface area contributed by atoms with Crippen molar-refractivity contribution in [1.82, 2.24) is 14.5 Å². The van der Waals surface area contributed by atoms with E-state index in [0.717, 1.165) is 27.6 Å². The molecule has 1 aromatic heterocycles. The molecular formula is C20H21F2N5O3S. The van der Waals surface area contributed by atoms with E-state index in [2.05, 4.69) is 10.2 Å². The number of aromatic nitrogens is 2. The van der Waals surface area contributed by atoms with Crippen LogP contribution in [0.2, 0.25) is 0 Å². The van der Waals surface area contributed by atoms with Crippen LogP contribution in [0.5, 0.6) is 0 Å². The van der Waals surface area contributed by atoms with E-state index >= 15 is 0 Å². The average molecular weight is 449 g/mol. The van der Waals surface area contributed by atoms with E-state index in [-0.39, 0.29) is 4.90 Å². The molecule has 0 bridgehead atoms. The smallest absolute Gasteiger partial charge is 0.263 e. The number of anilines is 1. The first kappa shape index (κ1) is 21.2. The molecule has 11 heteroatoms. The first-order chi connectivity index (χ1) is 14.4. The largest absolute Gasteiger partial charge is 0.382 e. The number of primary amides is 1. The number of benzene rings is 2. The second-order valence-electron chi connectivity index (χ2n) is 7.77. The lowest BCUT2D eigenvalue weighted by atomic mass is 9.94. The fourth-order valence-corrected chi connectivity index (χ4v) is 5.83. The number of alkyl halides is 2. The highest BCUT2D eigenvalue weighted by atomic mass is 32.2. The normalized spacial score (nSPS) is 19.2. The van der Waals surface area contributed by atoms with Crippen molar-refractivity contribution in [1.29, 1.82) is 0 Å². The van der Waals surface area contributed by atoms with Crippen molar-refractivity contribution in [3.05, 3.63) is 41.5 Å². The number of nitrogen functional groups attached to an aromatic ring is 1. The zero-order chi connectivity index (χ0) is 22.7. The molecule has 1 aliphatic rings. The molecule has 0 saturated carbocycles. The number of nitrogens with zero attached hydrogens (tertiary/aromatic N) is 2. The number of nitrogens with one attached hydrogen (secondary N) is 1. The first-order valence-electron chi connectivity index (χ1n) is 9.45. The van der Waals surface area contributed by atoms with Gasteiger partial charge in [0.2, 0.25) is 15.9 Å². The molecule has 1 atom stereocenters. The van der Waals surface area contributed by atoms with Gasteiger partial charge in [-0.1, -0.05) is 12.1 Å². The van der Waals surface area contributed by atoms with Crippen molar-refractivity contribution in [2.45, 2.75) is 37.1 Å². The Hall–Kier alpha value is -3.05. The second-order valence-corrected chi connectivity index (χ2v) is 9.67. The van der Waals surface area contributed by atoms with Crippen LogP contribution < -0.4 is 11.5 Å². The van der Waals surface area contributed by atoms with E-state index in [1.54, 1.807) is 13.0 Å². The maximum Gasteiger partial charge on any atom is 0.263 e. The number of rotatable bonds is 4. The molecule has 1 amide bonds. The van der Waals surface area contributed by atoms with Gasteiger partial charge in [0.15, 0.2) is 5.82 Å². The molecule has 4 rings (SSSR count). The molecule has 0 aliphatic carbocycles. The number of hydrogen-bond donors (Lipinski definition) is 3. The number of H-pyrrole nitrogens is 1. The zero-order valence-corrected chi connectivity index (χ0v) is 17.6. The van der Waals surface area contributed by atoms with Crippen molar-refractivity contribution >= 4 is 32.7 Å². The molecule has 2 heterocycles. The van der Waals surface area contributed by atoms with Gasteiger partial charge in [0.1, 0.15) is 6.04 Å². The topological polar surface area (TPSA) is 135 Å². The molecule has 0 unspecified atom stereocenters. The summed E-state index contributed by atoms with van der Waals surface area (Å²) in [5.41, 5.74) is 15.0. The maximum atomic E-state index is 13.9. The zero-order valence-electron chi connectivity index (χ0n) is 16.8. The average Bonchev–Trinajstić information content (AvgIpc) is 3.23. The SMILES string of the molecule is Cc1cc(S(=O)(=O)N2CC(F)(F)C[C@H]2C(N)=O)ccc1-c1ccc2[nH]nc(N)c2c1C. The Kier molecular flexibility index (Phi) is 4.78. The molecule has 8 nitrogen and oxygen atoms in total. The highest BCUT2D eigenvalue weighted by molar-refractivity contribution is 7.89. The van der Waals surface area contributed by atoms with Gasteiger partial charge in [0.05, 0.1) is 17.0 Å². The van der Waals surface area contributed by atoms with Gasteiger partial charge in [-0.25, -0.2) is 17.2 Å². The number of hydrogen-bond acceptors (Lipinski definition) is 5. The molecule has 0 radical (unpaired) electrons. The summed E-state index contributed by atoms with van der Waals surface area (Å²) in [4.78, 5) is 11.4. The number of amides is 1. The highest BCUT2D eigenvalue weighted by Crippen LogP contribution is 2.38. The Balaban J connectivity index is 1.77. The van der Waals surface area contributed by atoms with Crippen LogP contribution in [-0.2, 0) is 14.8 Å². The molecule has 3 aromatic rings. The number of aromatic amines is 1. The first-order valence-corrected chi connectivity index (χ1v) is 10.9. The summed E-state index contributed by atoms with van der Waals surface area (Å²) in [5, 5.41) is 7.62. The molecule has 1 fully saturated rings. The maximum absolute atomic E-state index is 13.9. The number of carbonyl (C=O) groups is 1. The van der Waals surface area contributed by atoms with Gasteiger partial charge in [-0.3, -0.25) is 9.89 Å². The van der Waals surface area contributed by atoms with Crippen LogP contribution in [0.4, 0.5) is 14.6 Å². The number of carbonyl (C=O) groups excluding carboxylic acids is 1. The van der Waals surface area contributed by atoms with E-state index in [0.29, 0.717) is 15.7 Å². The Morgan fingerprint density at radius 1 is 1.23 bits per heavy atom. The molecule has 1 saturated heterocycles. The number of fused-ring (bicyclic) bond motifs is 1. The lowest BCUT2D eigenvalue weighted by Crippen LogP contribution is -2.43. The van der Waals surface area contributed by atoms with Crippen molar-refractivity contribution in [2.24, 2.45) is 5.73 Å². The van der Waals surface area contributed by atoms with E-state index in [1.807, 2.05) is 19.1 Å². The van der Waals surface area contributed by atoms with Crippen LogP contribution in [0.25, 0.3) is 22.0 Å². The summed E-state index contributed by atoms with van der Waals surface area (Å²) < 4.78 is 54.3. The monoisotopic (exact) mass is 449 g/mol. The Labute approximate surface area is 177 Å². The van der Waals surface area contributed by atoms with Crippen LogP contribution in [0.1, 0.15) is 17.5 Å². The third-order valence-corrected chi connectivity index (χ3v) is 7.52. The third-order valence-electron chi connectivity index (χ3n) is 5.67. The van der Waals surface area contributed by atoms with Gasteiger partial charge in [0.25, 0.3) is 5.92 Å². The number of nitrogens with two attached hydrogens (primary N) is 2. The van der Waals surface area contributed by atoms with Crippen molar-refractivity contribution < 1.29 is 22.0 Å². The van der Waals surface area contributed by atoms with Crippen molar-refractivity contribution in [2.75, 3.05) is 12.3 Å². The van der Waals surface area contributed by atoms with Crippen LogP contribution in [-0.4, -0.2) is 47.3 Å². The molecule has 2 aromatic carbocycles. The van der Waals surface area contributed by atoms with E-state index in [1.165, 1.54) is 12.1 Å². The minimum Gasteiger partial charge on any atom is -0.382 e. The molecule has 5 N–H and O–H groups in total. The van der Waals surface area contributed by atoms with Gasteiger partial charge in [-0.15, -0.1) is 0 Å². The fraction of sp³-hybridized carbons (Fsp3) is 0.300. The minimum atomic E-state index is -4.35. The Bertz CT molecular complexity index is 1320. The molecule has 0 spiro atoms. The quantitative estimate of drug-likeness (QED) is 0.562. The summed E-state index contributed by atoms with van der Waals surface area (Å²) in [6.07, 6.45) is -0.927. The Morgan fingerprint density at radius 3 is 2.55 bits per heavy atom. The van der Waals surface area contributed by atoms with Gasteiger partial charge in [-0.2, -0.15) is 9.40 Å². The Morgan fingerprint density at radius 2 is 1.90 bits per heavy atom. The molecule has 31 heavy (non-hydrogen) atoms. The summed E-state index contributed by atoms with van der Waals surface area (Å²) in [5.74, 6) is -4.06. The lowest BCUT2D eigenvalue weighted by molar-refractivity contribution is -0.121. The van der Waals surface area contributed by atoms with Crippen molar-refractivity contribution in [3.8, 4) is 11.1 Å². The van der Waals surface area contributed by atoms with E-state index in [9.17, 15) is 22.0 Å². The van der Waals surface area contributed by atoms with Gasteiger partial charge in [-0.05, 0) is 54.3 Å². The summed E-state index contributed by atoms with van der Waals surface area (Å²) in [6.45, 7) is 2.53. The second kappa shape index (κ2) is 6.99. The van der Waals surface area contributed by atoms with Crippen LogP contribution in [0.3, 0.4) is 0 Å². The minimum absolute atomic E-state index is 0.181. The van der Waals surface area contributed by atoms with Crippen LogP contribution >= 0.6 is 0 Å². The summed E-state index contributed by atoms with van der Waals surface area (Å²) >= 11 is 0. The van der Waals surface area contributed by atoms with Crippen molar-refractivity contribution in [3.63, 3.8) is 0 Å². The van der Waals surface area contributed by atoms with Gasteiger partial charge < -0.3 is 11.5 Å².